The summed E-state index contributed by atoms with van der Waals surface area (Å²) in [6.07, 6.45) is -4.53. The molecule has 126 valence electrons. The first-order valence-corrected chi connectivity index (χ1v) is 8.98. The van der Waals surface area contributed by atoms with Crippen LogP contribution in [0.2, 0.25) is 0 Å². The number of nitrogens with one attached hydrogen (secondary N) is 2. The monoisotopic (exact) mass is 576 g/mol. The molecule has 9 heteroatoms. The summed E-state index contributed by atoms with van der Waals surface area (Å²) in [4.78, 5) is 12.0. The van der Waals surface area contributed by atoms with Gasteiger partial charge in [-0.1, -0.05) is 0 Å². The molecule has 0 aliphatic heterocycles. The zero-order chi connectivity index (χ0) is 17.9. The van der Waals surface area contributed by atoms with Crippen molar-refractivity contribution in [1.29, 1.82) is 0 Å². The van der Waals surface area contributed by atoms with E-state index in [2.05, 4.69) is 33.2 Å². The molecule has 0 saturated heterocycles. The standard InChI is InChI=1S/C15H9F3I2N2OS/c16-15(17,18)11-7-10(20)5-6-12(11)21-14(24)22-13(23)8-1-3-9(19)4-2-8/h1-7H,(H2,21,22,23,24). The van der Waals surface area contributed by atoms with Crippen molar-refractivity contribution in [1.82, 2.24) is 5.32 Å². The molecule has 0 saturated carbocycles. The van der Waals surface area contributed by atoms with E-state index < -0.39 is 17.6 Å². The molecule has 0 spiro atoms. The number of benzene rings is 2. The third-order valence-electron chi connectivity index (χ3n) is 2.87. The van der Waals surface area contributed by atoms with Crippen molar-refractivity contribution >= 4 is 74.1 Å². The van der Waals surface area contributed by atoms with Crippen molar-refractivity contribution in [2.75, 3.05) is 5.32 Å². The highest BCUT2D eigenvalue weighted by atomic mass is 127. The van der Waals surface area contributed by atoms with Gasteiger partial charge in [-0.05, 0) is 99.9 Å². The SMILES string of the molecule is O=C(NC(=S)Nc1ccc(I)cc1C(F)(F)F)c1ccc(I)cc1. The van der Waals surface area contributed by atoms with Gasteiger partial charge in [0, 0.05) is 12.7 Å². The Kier molecular flexibility index (Phi) is 6.42. The van der Waals surface area contributed by atoms with Crippen molar-refractivity contribution in [3.63, 3.8) is 0 Å². The summed E-state index contributed by atoms with van der Waals surface area (Å²) in [7, 11) is 0. The molecule has 0 atom stereocenters. The van der Waals surface area contributed by atoms with Gasteiger partial charge in [0.05, 0.1) is 11.3 Å². The van der Waals surface area contributed by atoms with Gasteiger partial charge in [0.25, 0.3) is 5.91 Å². The molecule has 0 bridgehead atoms. The third kappa shape index (κ3) is 5.28. The van der Waals surface area contributed by atoms with Crippen LogP contribution in [0.5, 0.6) is 0 Å². The fourth-order valence-corrected chi connectivity index (χ4v) is 2.84. The van der Waals surface area contributed by atoms with Gasteiger partial charge in [0.1, 0.15) is 0 Å². The van der Waals surface area contributed by atoms with Crippen molar-refractivity contribution in [2.45, 2.75) is 6.18 Å². The first-order chi connectivity index (χ1) is 11.2. The molecule has 0 unspecified atom stereocenters. The minimum absolute atomic E-state index is 0.203. The lowest BCUT2D eigenvalue weighted by molar-refractivity contribution is -0.136. The minimum Gasteiger partial charge on any atom is -0.332 e. The number of carbonyl (C=O) groups excluding carboxylic acids is 1. The number of amides is 1. The summed E-state index contributed by atoms with van der Waals surface area (Å²) < 4.78 is 40.6. The molecule has 2 aromatic rings. The summed E-state index contributed by atoms with van der Waals surface area (Å²) in [6.45, 7) is 0. The van der Waals surface area contributed by atoms with Crippen LogP contribution in [0.4, 0.5) is 18.9 Å². The Bertz CT molecular complexity index is 779. The number of rotatable bonds is 2. The van der Waals surface area contributed by atoms with Crippen molar-refractivity contribution in [3.8, 4) is 0 Å². The second kappa shape index (κ2) is 7.95. The lowest BCUT2D eigenvalue weighted by atomic mass is 10.1. The summed E-state index contributed by atoms with van der Waals surface area (Å²) >= 11 is 8.83. The molecular formula is C15H9F3I2N2OS. The van der Waals surface area contributed by atoms with Gasteiger partial charge < -0.3 is 5.32 Å². The van der Waals surface area contributed by atoms with Crippen LogP contribution in [0.3, 0.4) is 0 Å². The predicted molar refractivity (Wildman–Crippen MR) is 107 cm³/mol. The first kappa shape index (κ1) is 19.4. The third-order valence-corrected chi connectivity index (χ3v) is 4.46. The summed E-state index contributed by atoms with van der Waals surface area (Å²) in [6, 6.07) is 10.5. The molecular weight excluding hydrogens is 567 g/mol. The van der Waals surface area contributed by atoms with Crippen LogP contribution in [0.15, 0.2) is 42.5 Å². The Hall–Kier alpha value is -0.950. The maximum absolute atomic E-state index is 13.1. The predicted octanol–water partition coefficient (Wildman–Crippen LogP) is 5.04. The molecule has 0 aromatic heterocycles. The second-order valence-electron chi connectivity index (χ2n) is 4.60. The molecule has 1 amide bonds. The Balaban J connectivity index is 2.13. The maximum Gasteiger partial charge on any atom is 0.418 e. The van der Waals surface area contributed by atoms with E-state index in [1.807, 2.05) is 0 Å². The second-order valence-corrected chi connectivity index (χ2v) is 7.50. The highest BCUT2D eigenvalue weighted by Crippen LogP contribution is 2.35. The van der Waals surface area contributed by atoms with Gasteiger partial charge in [-0.15, -0.1) is 0 Å². The molecule has 0 fully saturated rings. The number of hydrogen-bond acceptors (Lipinski definition) is 2. The van der Waals surface area contributed by atoms with E-state index in [-0.39, 0.29) is 10.8 Å². The normalized spacial score (nSPS) is 11.0. The van der Waals surface area contributed by atoms with Crippen LogP contribution in [-0.4, -0.2) is 11.0 Å². The molecule has 2 N–H and O–H groups in total. The minimum atomic E-state index is -4.53. The summed E-state index contributed by atoms with van der Waals surface area (Å²) in [5.41, 5.74) is -0.700. The van der Waals surface area contributed by atoms with Crippen LogP contribution in [0.1, 0.15) is 15.9 Å². The lowest BCUT2D eigenvalue weighted by Gasteiger charge is -2.16. The van der Waals surface area contributed by atoms with E-state index in [9.17, 15) is 18.0 Å². The van der Waals surface area contributed by atoms with Gasteiger partial charge in [0.2, 0.25) is 0 Å². The van der Waals surface area contributed by atoms with Crippen LogP contribution >= 0.6 is 57.4 Å². The van der Waals surface area contributed by atoms with Crippen molar-refractivity contribution < 1.29 is 18.0 Å². The Morgan fingerprint density at radius 1 is 1.00 bits per heavy atom. The molecule has 24 heavy (non-hydrogen) atoms. The molecule has 0 radical (unpaired) electrons. The highest BCUT2D eigenvalue weighted by Gasteiger charge is 2.34. The van der Waals surface area contributed by atoms with Gasteiger partial charge in [-0.3, -0.25) is 10.1 Å². The Labute approximate surface area is 168 Å². The van der Waals surface area contributed by atoms with E-state index in [1.54, 1.807) is 46.9 Å². The first-order valence-electron chi connectivity index (χ1n) is 6.41. The Morgan fingerprint density at radius 2 is 1.58 bits per heavy atom. The fourth-order valence-electron chi connectivity index (χ4n) is 1.79. The zero-order valence-corrected chi connectivity index (χ0v) is 16.9. The summed E-state index contributed by atoms with van der Waals surface area (Å²) in [5.74, 6) is -0.497. The highest BCUT2D eigenvalue weighted by molar-refractivity contribution is 14.1. The topological polar surface area (TPSA) is 41.1 Å². The number of anilines is 1. The van der Waals surface area contributed by atoms with Crippen LogP contribution in [-0.2, 0) is 6.18 Å². The van der Waals surface area contributed by atoms with Crippen LogP contribution in [0, 0.1) is 7.14 Å². The van der Waals surface area contributed by atoms with Gasteiger partial charge in [0.15, 0.2) is 5.11 Å². The Morgan fingerprint density at radius 3 is 2.17 bits per heavy atom. The molecule has 0 aliphatic carbocycles. The number of thiocarbonyl (C=S) groups is 1. The summed E-state index contributed by atoms with van der Waals surface area (Å²) in [5, 5.41) is 4.59. The van der Waals surface area contributed by atoms with E-state index in [0.29, 0.717) is 9.13 Å². The number of carbonyl (C=O) groups is 1. The molecule has 2 aromatic carbocycles. The molecule has 0 heterocycles. The van der Waals surface area contributed by atoms with Crippen LogP contribution in [0.25, 0.3) is 0 Å². The lowest BCUT2D eigenvalue weighted by Crippen LogP contribution is -2.34. The van der Waals surface area contributed by atoms with Crippen molar-refractivity contribution in [2.24, 2.45) is 0 Å². The number of halogens is 5. The van der Waals surface area contributed by atoms with Gasteiger partial charge in [-0.25, -0.2) is 0 Å². The molecule has 2 rings (SSSR count). The molecule has 3 nitrogen and oxygen atoms in total. The quantitative estimate of drug-likeness (QED) is 0.389. The van der Waals surface area contributed by atoms with E-state index in [1.165, 1.54) is 12.1 Å². The fraction of sp³-hybridized carbons (Fsp3) is 0.0667. The number of hydrogen-bond donors (Lipinski definition) is 2. The average Bonchev–Trinajstić information content (AvgIpc) is 2.48. The number of alkyl halides is 3. The van der Waals surface area contributed by atoms with Gasteiger partial charge in [-0.2, -0.15) is 13.2 Å². The van der Waals surface area contributed by atoms with Crippen molar-refractivity contribution in [3.05, 3.63) is 60.7 Å². The molecule has 0 aliphatic rings. The van der Waals surface area contributed by atoms with Gasteiger partial charge >= 0.3 is 6.18 Å². The van der Waals surface area contributed by atoms with E-state index in [4.69, 9.17) is 12.2 Å². The average molecular weight is 576 g/mol. The maximum atomic E-state index is 13.1. The van der Waals surface area contributed by atoms with E-state index in [0.717, 1.165) is 9.64 Å². The van der Waals surface area contributed by atoms with Crippen LogP contribution < -0.4 is 10.6 Å². The zero-order valence-electron chi connectivity index (χ0n) is 11.7. The van der Waals surface area contributed by atoms with E-state index >= 15 is 0 Å². The smallest absolute Gasteiger partial charge is 0.332 e. The largest absolute Gasteiger partial charge is 0.418 e.